The standard InChI is InChI=1S/C12H19N5S/c1-9-7-14-17(8-9)6-5-13-11-15-10(16-18-11)12(2,3)4/h7-8H,5-6H2,1-4H3,(H,13,15,16). The minimum atomic E-state index is 0.00945. The van der Waals surface area contributed by atoms with Gasteiger partial charge in [-0.1, -0.05) is 20.8 Å². The van der Waals surface area contributed by atoms with Gasteiger partial charge in [-0.25, -0.2) is 4.98 Å². The van der Waals surface area contributed by atoms with Crippen molar-refractivity contribution in [3.05, 3.63) is 23.8 Å². The maximum atomic E-state index is 4.48. The second-order valence-corrected chi connectivity index (χ2v) is 6.13. The van der Waals surface area contributed by atoms with E-state index in [0.717, 1.165) is 24.0 Å². The van der Waals surface area contributed by atoms with Crippen molar-refractivity contribution >= 4 is 16.7 Å². The molecular weight excluding hydrogens is 246 g/mol. The number of anilines is 1. The van der Waals surface area contributed by atoms with E-state index in [1.54, 1.807) is 0 Å². The van der Waals surface area contributed by atoms with Crippen molar-refractivity contribution in [3.63, 3.8) is 0 Å². The van der Waals surface area contributed by atoms with Crippen LogP contribution in [0.4, 0.5) is 5.13 Å². The third kappa shape index (κ3) is 3.29. The quantitative estimate of drug-likeness (QED) is 0.922. The predicted octanol–water partition coefficient (Wildman–Crippen LogP) is 2.45. The van der Waals surface area contributed by atoms with Crippen molar-refractivity contribution < 1.29 is 0 Å². The number of aromatic nitrogens is 4. The van der Waals surface area contributed by atoms with Crippen molar-refractivity contribution in [3.8, 4) is 0 Å². The molecule has 0 amide bonds. The Kier molecular flexibility index (Phi) is 3.65. The van der Waals surface area contributed by atoms with Gasteiger partial charge in [-0.15, -0.1) is 0 Å². The average molecular weight is 265 g/mol. The first kappa shape index (κ1) is 13.0. The number of rotatable bonds is 4. The monoisotopic (exact) mass is 265 g/mol. The lowest BCUT2D eigenvalue weighted by Crippen LogP contribution is -2.14. The molecule has 0 saturated carbocycles. The van der Waals surface area contributed by atoms with Gasteiger partial charge in [-0.2, -0.15) is 9.47 Å². The van der Waals surface area contributed by atoms with Crippen LogP contribution in [0.15, 0.2) is 12.4 Å². The Bertz CT molecular complexity index is 509. The number of nitrogens with zero attached hydrogens (tertiary/aromatic N) is 4. The molecule has 2 heterocycles. The number of nitrogens with one attached hydrogen (secondary N) is 1. The van der Waals surface area contributed by atoms with Gasteiger partial charge in [0.1, 0.15) is 5.82 Å². The molecule has 2 rings (SSSR count). The third-order valence-electron chi connectivity index (χ3n) is 2.48. The Morgan fingerprint density at radius 2 is 2.17 bits per heavy atom. The summed E-state index contributed by atoms with van der Waals surface area (Å²) in [6.45, 7) is 10.0. The second-order valence-electron chi connectivity index (χ2n) is 5.38. The fraction of sp³-hybridized carbons (Fsp3) is 0.583. The molecule has 18 heavy (non-hydrogen) atoms. The SMILES string of the molecule is Cc1cnn(CCNc2nc(C(C)(C)C)ns2)c1. The molecule has 0 fully saturated rings. The molecule has 0 bridgehead atoms. The van der Waals surface area contributed by atoms with Crippen molar-refractivity contribution in [2.45, 2.75) is 39.7 Å². The van der Waals surface area contributed by atoms with Gasteiger partial charge in [0.25, 0.3) is 0 Å². The highest BCUT2D eigenvalue weighted by Crippen LogP contribution is 2.22. The summed E-state index contributed by atoms with van der Waals surface area (Å²) < 4.78 is 6.29. The highest BCUT2D eigenvalue weighted by molar-refractivity contribution is 7.09. The van der Waals surface area contributed by atoms with Crippen LogP contribution in [0, 0.1) is 6.92 Å². The van der Waals surface area contributed by atoms with E-state index in [2.05, 4.69) is 40.5 Å². The average Bonchev–Trinajstić information content (AvgIpc) is 2.87. The minimum Gasteiger partial charge on any atom is -0.358 e. The van der Waals surface area contributed by atoms with Gasteiger partial charge in [0.15, 0.2) is 0 Å². The fourth-order valence-corrected chi connectivity index (χ4v) is 2.25. The lowest BCUT2D eigenvalue weighted by molar-refractivity contribution is 0.555. The van der Waals surface area contributed by atoms with Gasteiger partial charge in [0.05, 0.1) is 12.7 Å². The molecule has 0 aliphatic heterocycles. The molecule has 0 radical (unpaired) electrons. The van der Waals surface area contributed by atoms with E-state index >= 15 is 0 Å². The molecule has 0 saturated heterocycles. The highest BCUT2D eigenvalue weighted by atomic mass is 32.1. The molecule has 0 unspecified atom stereocenters. The Morgan fingerprint density at radius 1 is 1.39 bits per heavy atom. The van der Waals surface area contributed by atoms with Crippen LogP contribution in [-0.2, 0) is 12.0 Å². The molecule has 98 valence electrons. The summed E-state index contributed by atoms with van der Waals surface area (Å²) in [5.41, 5.74) is 1.19. The van der Waals surface area contributed by atoms with Crippen LogP contribution in [0.3, 0.4) is 0 Å². The topological polar surface area (TPSA) is 55.6 Å². The molecule has 0 aliphatic carbocycles. The van der Waals surface area contributed by atoms with E-state index in [1.165, 1.54) is 17.1 Å². The number of aryl methyl sites for hydroxylation is 1. The lowest BCUT2D eigenvalue weighted by Gasteiger charge is -2.12. The van der Waals surface area contributed by atoms with E-state index in [1.807, 2.05) is 24.0 Å². The predicted molar refractivity (Wildman–Crippen MR) is 74.1 cm³/mol. The zero-order chi connectivity index (χ0) is 13.2. The van der Waals surface area contributed by atoms with Crippen LogP contribution in [0.2, 0.25) is 0 Å². The van der Waals surface area contributed by atoms with E-state index in [0.29, 0.717) is 0 Å². The summed E-state index contributed by atoms with van der Waals surface area (Å²) in [6, 6.07) is 0. The van der Waals surface area contributed by atoms with Gasteiger partial charge in [-0.3, -0.25) is 4.68 Å². The maximum absolute atomic E-state index is 4.48. The van der Waals surface area contributed by atoms with E-state index in [4.69, 9.17) is 0 Å². The van der Waals surface area contributed by atoms with E-state index < -0.39 is 0 Å². The summed E-state index contributed by atoms with van der Waals surface area (Å²) in [6.07, 6.45) is 3.89. The van der Waals surface area contributed by atoms with E-state index in [-0.39, 0.29) is 5.41 Å². The normalized spacial score (nSPS) is 11.8. The number of hydrogen-bond donors (Lipinski definition) is 1. The molecule has 0 aromatic carbocycles. The van der Waals surface area contributed by atoms with Crippen LogP contribution in [0.25, 0.3) is 0 Å². The Balaban J connectivity index is 1.85. The van der Waals surface area contributed by atoms with Crippen molar-refractivity contribution in [1.82, 2.24) is 19.1 Å². The smallest absolute Gasteiger partial charge is 0.202 e. The summed E-state index contributed by atoms with van der Waals surface area (Å²) in [5.74, 6) is 0.893. The minimum absolute atomic E-state index is 0.00945. The third-order valence-corrected chi connectivity index (χ3v) is 3.15. The maximum Gasteiger partial charge on any atom is 0.202 e. The Hall–Kier alpha value is -1.43. The zero-order valence-electron chi connectivity index (χ0n) is 11.3. The van der Waals surface area contributed by atoms with Gasteiger partial charge < -0.3 is 5.32 Å². The van der Waals surface area contributed by atoms with Crippen molar-refractivity contribution in [2.24, 2.45) is 0 Å². The van der Waals surface area contributed by atoms with Crippen LogP contribution >= 0.6 is 11.5 Å². The van der Waals surface area contributed by atoms with Gasteiger partial charge >= 0.3 is 0 Å². The highest BCUT2D eigenvalue weighted by Gasteiger charge is 2.19. The summed E-state index contributed by atoms with van der Waals surface area (Å²) in [4.78, 5) is 4.48. The van der Waals surface area contributed by atoms with Crippen LogP contribution in [0.1, 0.15) is 32.2 Å². The number of hydrogen-bond acceptors (Lipinski definition) is 5. The second kappa shape index (κ2) is 5.06. The molecule has 2 aromatic heterocycles. The summed E-state index contributed by atoms with van der Waals surface area (Å²) in [5, 5.41) is 8.39. The van der Waals surface area contributed by atoms with Crippen LogP contribution in [-0.4, -0.2) is 25.7 Å². The largest absolute Gasteiger partial charge is 0.358 e. The summed E-state index contributed by atoms with van der Waals surface area (Å²) in [7, 11) is 0. The lowest BCUT2D eigenvalue weighted by atomic mass is 9.96. The summed E-state index contributed by atoms with van der Waals surface area (Å²) >= 11 is 1.41. The van der Waals surface area contributed by atoms with Crippen molar-refractivity contribution in [2.75, 3.05) is 11.9 Å². The molecular formula is C12H19N5S. The molecule has 0 aliphatic rings. The van der Waals surface area contributed by atoms with E-state index in [9.17, 15) is 0 Å². The molecule has 6 heteroatoms. The fourth-order valence-electron chi connectivity index (χ4n) is 1.47. The van der Waals surface area contributed by atoms with Crippen LogP contribution in [0.5, 0.6) is 0 Å². The molecule has 0 spiro atoms. The molecule has 1 N–H and O–H groups in total. The molecule has 2 aromatic rings. The first-order chi connectivity index (χ1) is 8.45. The molecule has 5 nitrogen and oxygen atoms in total. The first-order valence-corrected chi connectivity index (χ1v) is 6.79. The van der Waals surface area contributed by atoms with Gasteiger partial charge in [0.2, 0.25) is 5.13 Å². The first-order valence-electron chi connectivity index (χ1n) is 6.02. The van der Waals surface area contributed by atoms with Gasteiger partial charge in [0, 0.05) is 29.7 Å². The Labute approximate surface area is 111 Å². The van der Waals surface area contributed by atoms with Crippen molar-refractivity contribution in [1.29, 1.82) is 0 Å². The zero-order valence-corrected chi connectivity index (χ0v) is 12.1. The Morgan fingerprint density at radius 3 is 2.72 bits per heavy atom. The van der Waals surface area contributed by atoms with Gasteiger partial charge in [-0.05, 0) is 12.5 Å². The molecule has 0 atom stereocenters. The van der Waals surface area contributed by atoms with Crippen LogP contribution < -0.4 is 5.32 Å².